The number of H-pyrrole nitrogens is 2. The summed E-state index contributed by atoms with van der Waals surface area (Å²) in [4.78, 5) is 41.2. The van der Waals surface area contributed by atoms with E-state index in [1.807, 2.05) is 18.6 Å². The molecule has 2 aliphatic heterocycles. The number of aromatic nitrogens is 5. The highest BCUT2D eigenvalue weighted by Gasteiger charge is 2.41. The van der Waals surface area contributed by atoms with Gasteiger partial charge in [-0.2, -0.15) is 5.26 Å². The first-order valence-electron chi connectivity index (χ1n) is 16.1. The van der Waals surface area contributed by atoms with Crippen LogP contribution in [0.2, 0.25) is 0 Å². The fourth-order valence-corrected chi connectivity index (χ4v) is 7.57. The number of Topliss-reactive ketones (excluding diaryl/α,β-unsaturated/α-hetero) is 1. The maximum absolute atomic E-state index is 13.6. The molecule has 3 aromatic heterocycles. The second-order valence-corrected chi connectivity index (χ2v) is 12.9. The largest absolute Gasteiger partial charge is 0.465 e. The summed E-state index contributed by atoms with van der Waals surface area (Å²) >= 11 is 0. The van der Waals surface area contributed by atoms with Gasteiger partial charge in [0.1, 0.15) is 17.4 Å². The highest BCUT2D eigenvalue weighted by molar-refractivity contribution is 5.88. The molecule has 5 N–H and O–H groups in total. The van der Waals surface area contributed by atoms with Gasteiger partial charge in [0.05, 0.1) is 47.7 Å². The number of rotatable bonds is 6. The monoisotopic (exact) mass is 626 g/mol. The standard InChI is InChI=1S/C36H34N8O3/c37-15-20-13-28(38-16-20)35-40-18-30(42-35)24-7-3-22(4-8-24)21-1-5-23(6-2-21)29-17-39-34(41-29)26-14-31(45)32-27(43-36(46)47)10-9-25-11-12-44(19-26)33(25)32/h1-8,11-12,17-18,20,26-28,32,38,43H,9-10,13-14,16,19H2,(H,39,41)(H,40,42)(H,46,47)/t20-,26+,27+,28+,32?/m1/s1. The molecule has 236 valence electrons. The van der Waals surface area contributed by atoms with Crippen molar-refractivity contribution in [2.45, 2.75) is 56.1 Å². The molecule has 8 rings (SSSR count). The Morgan fingerprint density at radius 1 is 0.936 bits per heavy atom. The molecule has 2 aromatic carbocycles. The first kappa shape index (κ1) is 29.0. The number of carbonyl (C=O) groups excluding carboxylic acids is 1. The molecule has 0 spiro atoms. The lowest BCUT2D eigenvalue weighted by atomic mass is 9.79. The third-order valence-corrected chi connectivity index (χ3v) is 9.98. The second kappa shape index (κ2) is 11.7. The summed E-state index contributed by atoms with van der Waals surface area (Å²) in [6.07, 6.45) is 7.02. The van der Waals surface area contributed by atoms with Gasteiger partial charge >= 0.3 is 6.09 Å². The Labute approximate surface area is 271 Å². The molecular weight excluding hydrogens is 592 g/mol. The molecule has 3 aliphatic rings. The Bertz CT molecular complexity index is 2000. The number of imidazole rings is 2. The average molecular weight is 627 g/mol. The lowest BCUT2D eigenvalue weighted by Gasteiger charge is -2.31. The van der Waals surface area contributed by atoms with E-state index in [9.17, 15) is 20.0 Å². The van der Waals surface area contributed by atoms with Crippen LogP contribution < -0.4 is 10.6 Å². The summed E-state index contributed by atoms with van der Waals surface area (Å²) in [5.74, 6) is 1.08. The van der Waals surface area contributed by atoms with Crippen LogP contribution in [-0.2, 0) is 17.8 Å². The summed E-state index contributed by atoms with van der Waals surface area (Å²) in [5.41, 5.74) is 8.14. The van der Waals surface area contributed by atoms with Crippen molar-refractivity contribution < 1.29 is 14.7 Å². The number of nitriles is 1. The van der Waals surface area contributed by atoms with Crippen molar-refractivity contribution in [3.8, 4) is 39.7 Å². The van der Waals surface area contributed by atoms with Crippen LogP contribution in [0.4, 0.5) is 4.79 Å². The van der Waals surface area contributed by atoms with Gasteiger partial charge in [0.2, 0.25) is 0 Å². The molecule has 11 heteroatoms. The number of amides is 1. The minimum atomic E-state index is -1.10. The summed E-state index contributed by atoms with van der Waals surface area (Å²) in [7, 11) is 0. The van der Waals surface area contributed by atoms with Crippen LogP contribution in [0, 0.1) is 17.2 Å². The lowest BCUT2D eigenvalue weighted by Crippen LogP contribution is -2.44. The van der Waals surface area contributed by atoms with E-state index in [-0.39, 0.29) is 23.7 Å². The van der Waals surface area contributed by atoms with E-state index in [1.165, 1.54) is 0 Å². The molecule has 0 radical (unpaired) electrons. The zero-order valence-electron chi connectivity index (χ0n) is 25.6. The lowest BCUT2D eigenvalue weighted by molar-refractivity contribution is -0.121. The molecular formula is C36H34N8O3. The number of carboxylic acid groups (broad SMARTS) is 1. The number of benzene rings is 2. The van der Waals surface area contributed by atoms with Crippen molar-refractivity contribution in [1.82, 2.24) is 35.1 Å². The number of aryl methyl sites for hydroxylation is 1. The van der Waals surface area contributed by atoms with Gasteiger partial charge in [0.25, 0.3) is 0 Å². The molecule has 5 aromatic rings. The molecule has 1 fully saturated rings. The van der Waals surface area contributed by atoms with E-state index in [1.54, 1.807) is 0 Å². The molecule has 1 unspecified atom stereocenters. The maximum atomic E-state index is 13.6. The molecule has 11 nitrogen and oxygen atoms in total. The zero-order valence-corrected chi connectivity index (χ0v) is 25.6. The van der Waals surface area contributed by atoms with Crippen molar-refractivity contribution >= 4 is 11.9 Å². The van der Waals surface area contributed by atoms with Gasteiger partial charge in [-0.1, -0.05) is 48.5 Å². The number of carbonyl (C=O) groups is 2. The summed E-state index contributed by atoms with van der Waals surface area (Å²) < 4.78 is 2.12. The predicted molar refractivity (Wildman–Crippen MR) is 174 cm³/mol. The highest BCUT2D eigenvalue weighted by atomic mass is 16.4. The van der Waals surface area contributed by atoms with E-state index in [0.717, 1.165) is 69.4 Å². The molecule has 0 bridgehead atoms. The van der Waals surface area contributed by atoms with Gasteiger partial charge in [-0.05, 0) is 53.1 Å². The average Bonchev–Trinajstić information content (AvgIpc) is 3.90. The van der Waals surface area contributed by atoms with Gasteiger partial charge in [0.15, 0.2) is 0 Å². The fourth-order valence-electron chi connectivity index (χ4n) is 7.57. The molecule has 47 heavy (non-hydrogen) atoms. The first-order chi connectivity index (χ1) is 22.9. The number of hydrogen-bond donors (Lipinski definition) is 5. The molecule has 1 aliphatic carbocycles. The van der Waals surface area contributed by atoms with E-state index < -0.39 is 18.1 Å². The number of aromatic amines is 2. The molecule has 1 amide bonds. The van der Waals surface area contributed by atoms with Crippen LogP contribution in [-0.4, -0.2) is 54.1 Å². The zero-order chi connectivity index (χ0) is 32.1. The first-order valence-corrected chi connectivity index (χ1v) is 16.1. The Morgan fingerprint density at radius 2 is 1.57 bits per heavy atom. The number of hydrogen-bond acceptors (Lipinski definition) is 6. The number of ketones is 1. The van der Waals surface area contributed by atoms with E-state index >= 15 is 0 Å². The van der Waals surface area contributed by atoms with Crippen molar-refractivity contribution in [3.63, 3.8) is 0 Å². The van der Waals surface area contributed by atoms with Gasteiger partial charge in [-0.25, -0.2) is 14.8 Å². The summed E-state index contributed by atoms with van der Waals surface area (Å²) in [5, 5.41) is 24.5. The summed E-state index contributed by atoms with van der Waals surface area (Å²) in [6, 6.07) is 20.7. The topological polar surface area (TPSA) is 165 Å². The van der Waals surface area contributed by atoms with Crippen molar-refractivity contribution in [2.24, 2.45) is 5.92 Å². The fraction of sp³-hybridized carbons (Fsp3) is 0.306. The Hall–Kier alpha value is -5.47. The Morgan fingerprint density at radius 3 is 2.21 bits per heavy atom. The quantitative estimate of drug-likeness (QED) is 0.165. The predicted octanol–water partition coefficient (Wildman–Crippen LogP) is 5.53. The molecule has 1 saturated heterocycles. The van der Waals surface area contributed by atoms with Crippen molar-refractivity contribution in [3.05, 3.63) is 96.1 Å². The molecule has 0 saturated carbocycles. The van der Waals surface area contributed by atoms with Gasteiger partial charge in [0, 0.05) is 43.4 Å². The third kappa shape index (κ3) is 5.40. The van der Waals surface area contributed by atoms with Crippen LogP contribution >= 0.6 is 0 Å². The van der Waals surface area contributed by atoms with Crippen molar-refractivity contribution in [1.29, 1.82) is 5.26 Å². The van der Waals surface area contributed by atoms with Gasteiger partial charge in [-0.15, -0.1) is 0 Å². The molecule has 5 atom stereocenters. The van der Waals surface area contributed by atoms with E-state index in [4.69, 9.17) is 4.98 Å². The minimum absolute atomic E-state index is 0.0231. The summed E-state index contributed by atoms with van der Waals surface area (Å²) in [6.45, 7) is 1.30. The highest BCUT2D eigenvalue weighted by Crippen LogP contribution is 2.40. The number of nitrogens with zero attached hydrogens (tertiary/aromatic N) is 4. The molecule has 5 heterocycles. The van der Waals surface area contributed by atoms with Crippen LogP contribution in [0.3, 0.4) is 0 Å². The SMILES string of the molecule is N#C[C@@H]1CN[C@H](c2ncc(-c3ccc(-c4ccc(-c5cnc([C@H]6CC(=O)C7c8c(ccn8C6)CC[C@@H]7NC(=O)O)[nH]5)cc4)cc3)[nH]2)C1. The Kier molecular flexibility index (Phi) is 7.22. The van der Waals surface area contributed by atoms with Crippen LogP contribution in [0.15, 0.2) is 73.2 Å². The third-order valence-electron chi connectivity index (χ3n) is 9.98. The maximum Gasteiger partial charge on any atom is 0.404 e. The van der Waals surface area contributed by atoms with E-state index in [0.29, 0.717) is 25.9 Å². The Balaban J connectivity index is 0.962. The number of nitrogens with one attached hydrogen (secondary N) is 4. The smallest absolute Gasteiger partial charge is 0.404 e. The minimum Gasteiger partial charge on any atom is -0.465 e. The van der Waals surface area contributed by atoms with Gasteiger partial charge in [-0.3, -0.25) is 4.79 Å². The van der Waals surface area contributed by atoms with Crippen LogP contribution in [0.5, 0.6) is 0 Å². The van der Waals surface area contributed by atoms with E-state index in [2.05, 4.69) is 90.8 Å². The van der Waals surface area contributed by atoms with Crippen LogP contribution in [0.25, 0.3) is 33.6 Å². The second-order valence-electron chi connectivity index (χ2n) is 12.9. The normalized spacial score (nSPS) is 23.6. The van der Waals surface area contributed by atoms with Gasteiger partial charge < -0.3 is 30.3 Å². The van der Waals surface area contributed by atoms with Crippen molar-refractivity contribution in [2.75, 3.05) is 6.54 Å². The van der Waals surface area contributed by atoms with Crippen LogP contribution in [0.1, 0.15) is 60.0 Å².